The number of nitrogens with zero attached hydrogens (tertiary/aromatic N) is 2. The molecule has 0 saturated heterocycles. The van der Waals surface area contributed by atoms with Crippen LogP contribution in [-0.4, -0.2) is 14.5 Å². The number of aromatic nitrogens is 2. The summed E-state index contributed by atoms with van der Waals surface area (Å²) in [6, 6.07) is 18.6. The summed E-state index contributed by atoms with van der Waals surface area (Å²) in [4.78, 5) is 5.14. The second kappa shape index (κ2) is 6.06. The third kappa shape index (κ3) is 3.11. The highest BCUT2D eigenvalue weighted by Crippen LogP contribution is 2.17. The number of hydrogen-bond acceptors (Lipinski definition) is 2. The van der Waals surface area contributed by atoms with Crippen molar-refractivity contribution in [2.24, 2.45) is 5.73 Å². The van der Waals surface area contributed by atoms with Crippen LogP contribution in [-0.2, 0) is 19.4 Å². The number of thiocarbonyl (C=S) groups is 1. The fraction of sp³-hybridized carbons (Fsp3) is 0.176. The molecule has 3 nitrogen and oxygen atoms in total. The molecule has 0 aliphatic rings. The van der Waals surface area contributed by atoms with E-state index >= 15 is 0 Å². The zero-order valence-corrected chi connectivity index (χ0v) is 12.5. The van der Waals surface area contributed by atoms with E-state index in [0.29, 0.717) is 11.4 Å². The molecule has 21 heavy (non-hydrogen) atoms. The van der Waals surface area contributed by atoms with Crippen molar-refractivity contribution >= 4 is 28.2 Å². The topological polar surface area (TPSA) is 43.8 Å². The minimum absolute atomic E-state index is 0.478. The number of benzene rings is 2. The van der Waals surface area contributed by atoms with Gasteiger partial charge in [0, 0.05) is 6.54 Å². The molecule has 2 N–H and O–H groups in total. The zero-order chi connectivity index (χ0) is 14.7. The van der Waals surface area contributed by atoms with Crippen molar-refractivity contribution in [2.45, 2.75) is 19.4 Å². The van der Waals surface area contributed by atoms with E-state index in [1.165, 1.54) is 5.56 Å². The fourth-order valence-corrected chi connectivity index (χ4v) is 2.68. The Morgan fingerprint density at radius 2 is 1.76 bits per heavy atom. The van der Waals surface area contributed by atoms with Crippen LogP contribution in [0.3, 0.4) is 0 Å². The van der Waals surface area contributed by atoms with Gasteiger partial charge in [0.1, 0.15) is 5.82 Å². The molecule has 2 aromatic carbocycles. The van der Waals surface area contributed by atoms with Gasteiger partial charge in [0.05, 0.1) is 22.4 Å². The fourth-order valence-electron chi connectivity index (χ4n) is 2.55. The second-order valence-corrected chi connectivity index (χ2v) is 5.57. The maximum absolute atomic E-state index is 5.70. The van der Waals surface area contributed by atoms with Crippen molar-refractivity contribution in [1.29, 1.82) is 0 Å². The quantitative estimate of drug-likeness (QED) is 0.736. The molecule has 1 aromatic heterocycles. The normalized spacial score (nSPS) is 10.9. The van der Waals surface area contributed by atoms with Crippen molar-refractivity contribution < 1.29 is 0 Å². The number of nitrogens with two attached hydrogens (primary N) is 1. The summed E-state index contributed by atoms with van der Waals surface area (Å²) in [5.41, 5.74) is 9.15. The van der Waals surface area contributed by atoms with E-state index < -0.39 is 0 Å². The van der Waals surface area contributed by atoms with Gasteiger partial charge in [-0.15, -0.1) is 0 Å². The van der Waals surface area contributed by atoms with E-state index in [2.05, 4.69) is 39.9 Å². The van der Waals surface area contributed by atoms with Gasteiger partial charge < -0.3 is 10.3 Å². The van der Waals surface area contributed by atoms with Crippen LogP contribution in [0.2, 0.25) is 0 Å². The third-order valence-electron chi connectivity index (χ3n) is 3.53. The van der Waals surface area contributed by atoms with Crippen LogP contribution in [0.15, 0.2) is 54.6 Å². The summed E-state index contributed by atoms with van der Waals surface area (Å²) >= 11 is 5.04. The Kier molecular flexibility index (Phi) is 3.97. The molecule has 4 heteroatoms. The molecule has 0 unspecified atom stereocenters. The molecule has 3 rings (SSSR count). The molecule has 106 valence electrons. The summed E-state index contributed by atoms with van der Waals surface area (Å²) in [5.74, 6) is 0.944. The molecular weight excluding hydrogens is 278 g/mol. The lowest BCUT2D eigenvalue weighted by Gasteiger charge is -2.09. The Hall–Kier alpha value is -2.20. The van der Waals surface area contributed by atoms with Gasteiger partial charge in [0.2, 0.25) is 0 Å². The summed E-state index contributed by atoms with van der Waals surface area (Å²) in [6.07, 6.45) is 1.50. The third-order valence-corrected chi connectivity index (χ3v) is 3.68. The van der Waals surface area contributed by atoms with Gasteiger partial charge in [0.15, 0.2) is 0 Å². The van der Waals surface area contributed by atoms with Crippen LogP contribution in [0.1, 0.15) is 11.4 Å². The van der Waals surface area contributed by atoms with Gasteiger partial charge in [-0.2, -0.15) is 0 Å². The van der Waals surface area contributed by atoms with Crippen molar-refractivity contribution in [1.82, 2.24) is 9.55 Å². The maximum atomic E-state index is 5.70. The molecule has 0 aliphatic heterocycles. The van der Waals surface area contributed by atoms with Crippen LogP contribution in [0.25, 0.3) is 11.0 Å². The number of fused-ring (bicyclic) bond motifs is 1. The van der Waals surface area contributed by atoms with Gasteiger partial charge in [-0.3, -0.25) is 0 Å². The standard InChI is InChI=1S/C17H17N3S/c18-16(21)12-17-19-14-8-4-5-9-15(14)20(17)11-10-13-6-2-1-3-7-13/h1-9H,10-12H2,(H2,18,21). The van der Waals surface area contributed by atoms with E-state index in [9.17, 15) is 0 Å². The van der Waals surface area contributed by atoms with Crippen molar-refractivity contribution in [3.63, 3.8) is 0 Å². The Balaban J connectivity index is 1.93. The smallest absolute Gasteiger partial charge is 0.116 e. The molecule has 0 saturated carbocycles. The van der Waals surface area contributed by atoms with Gasteiger partial charge in [-0.1, -0.05) is 54.7 Å². The number of para-hydroxylation sites is 2. The molecule has 0 radical (unpaired) electrons. The summed E-state index contributed by atoms with van der Waals surface area (Å²) in [7, 11) is 0. The van der Waals surface area contributed by atoms with Gasteiger partial charge in [0.25, 0.3) is 0 Å². The van der Waals surface area contributed by atoms with Crippen LogP contribution in [0.5, 0.6) is 0 Å². The monoisotopic (exact) mass is 295 g/mol. The largest absolute Gasteiger partial charge is 0.393 e. The molecule has 0 amide bonds. The zero-order valence-electron chi connectivity index (χ0n) is 11.7. The van der Waals surface area contributed by atoms with E-state index in [0.717, 1.165) is 29.8 Å². The lowest BCUT2D eigenvalue weighted by atomic mass is 10.1. The van der Waals surface area contributed by atoms with E-state index in [4.69, 9.17) is 18.0 Å². The second-order valence-electron chi connectivity index (χ2n) is 5.05. The van der Waals surface area contributed by atoms with Crippen LogP contribution < -0.4 is 5.73 Å². The minimum atomic E-state index is 0.478. The predicted octanol–water partition coefficient (Wildman–Crippen LogP) is 3.11. The Morgan fingerprint density at radius 1 is 1.05 bits per heavy atom. The highest BCUT2D eigenvalue weighted by atomic mass is 32.1. The highest BCUT2D eigenvalue weighted by molar-refractivity contribution is 7.80. The number of imidazole rings is 1. The van der Waals surface area contributed by atoms with Gasteiger partial charge in [-0.05, 0) is 24.1 Å². The van der Waals surface area contributed by atoms with Crippen LogP contribution in [0, 0.1) is 0 Å². The molecule has 0 aliphatic carbocycles. The summed E-state index contributed by atoms with van der Waals surface area (Å²) < 4.78 is 2.22. The van der Waals surface area contributed by atoms with Crippen molar-refractivity contribution in [3.05, 3.63) is 66.0 Å². The number of hydrogen-bond donors (Lipinski definition) is 1. The number of aryl methyl sites for hydroxylation is 2. The molecule has 1 heterocycles. The first-order chi connectivity index (χ1) is 10.2. The maximum Gasteiger partial charge on any atom is 0.116 e. The molecule has 0 fully saturated rings. The van der Waals surface area contributed by atoms with E-state index in [1.807, 2.05) is 24.3 Å². The average molecular weight is 295 g/mol. The first kappa shape index (κ1) is 13.8. The predicted molar refractivity (Wildman–Crippen MR) is 90.4 cm³/mol. The minimum Gasteiger partial charge on any atom is -0.393 e. The molecular formula is C17H17N3S. The molecule has 3 aromatic rings. The highest BCUT2D eigenvalue weighted by Gasteiger charge is 2.11. The SMILES string of the molecule is NC(=S)Cc1nc2ccccc2n1CCc1ccccc1. The Bertz CT molecular complexity index is 762. The van der Waals surface area contributed by atoms with Crippen molar-refractivity contribution in [3.8, 4) is 0 Å². The Labute approximate surface area is 129 Å². The average Bonchev–Trinajstić information content (AvgIpc) is 2.82. The van der Waals surface area contributed by atoms with Gasteiger partial charge in [-0.25, -0.2) is 4.98 Å². The number of rotatable bonds is 5. The first-order valence-electron chi connectivity index (χ1n) is 7.00. The lowest BCUT2D eigenvalue weighted by molar-refractivity contribution is 0.685. The summed E-state index contributed by atoms with van der Waals surface area (Å²) in [5, 5.41) is 0. The molecule has 0 atom stereocenters. The van der Waals surface area contributed by atoms with Crippen molar-refractivity contribution in [2.75, 3.05) is 0 Å². The molecule has 0 bridgehead atoms. The van der Waals surface area contributed by atoms with Gasteiger partial charge >= 0.3 is 0 Å². The summed E-state index contributed by atoms with van der Waals surface area (Å²) in [6.45, 7) is 0.877. The molecule has 0 spiro atoms. The van der Waals surface area contributed by atoms with E-state index in [-0.39, 0.29) is 0 Å². The Morgan fingerprint density at radius 3 is 2.52 bits per heavy atom. The van der Waals surface area contributed by atoms with Crippen LogP contribution >= 0.6 is 12.2 Å². The first-order valence-corrected chi connectivity index (χ1v) is 7.41. The van der Waals surface area contributed by atoms with E-state index in [1.54, 1.807) is 0 Å². The lowest BCUT2D eigenvalue weighted by Crippen LogP contribution is -2.16. The van der Waals surface area contributed by atoms with Crippen LogP contribution in [0.4, 0.5) is 0 Å².